The van der Waals surface area contributed by atoms with Crippen LogP contribution in [0.3, 0.4) is 0 Å². The summed E-state index contributed by atoms with van der Waals surface area (Å²) in [6, 6.07) is 0. The van der Waals surface area contributed by atoms with E-state index >= 15 is 0 Å². The van der Waals surface area contributed by atoms with Gasteiger partial charge in [-0.25, -0.2) is 9.13 Å². The van der Waals surface area contributed by atoms with Crippen LogP contribution in [0.4, 0.5) is 0 Å². The minimum atomic E-state index is -5.00. The molecule has 5 unspecified atom stereocenters. The van der Waals surface area contributed by atoms with Gasteiger partial charge in [-0.05, 0) is 141 Å². The molecule has 0 radical (unpaired) electrons. The average molecular weight is 1550 g/mol. The lowest BCUT2D eigenvalue weighted by Crippen LogP contribution is -2.30. The highest BCUT2D eigenvalue weighted by Crippen LogP contribution is 2.45. The zero-order valence-corrected chi connectivity index (χ0v) is 69.3. The number of hydrogen-bond acceptors (Lipinski definition) is 15. The number of ether oxygens (including phenoxy) is 4. The Labute approximate surface area is 655 Å². The number of allylic oxidation sites excluding steroid dienone is 26. The molecule has 0 spiro atoms. The lowest BCUT2D eigenvalue weighted by Gasteiger charge is -2.21. The van der Waals surface area contributed by atoms with Gasteiger partial charge in [-0.2, -0.15) is 0 Å². The van der Waals surface area contributed by atoms with Crippen LogP contribution in [-0.2, 0) is 65.4 Å². The molecule has 0 amide bonds. The third-order valence-corrected chi connectivity index (χ3v) is 18.9. The maximum absolute atomic E-state index is 13.1. The molecule has 0 aliphatic heterocycles. The van der Waals surface area contributed by atoms with Crippen molar-refractivity contribution in [2.75, 3.05) is 39.6 Å². The monoisotopic (exact) mass is 1550 g/mol. The molecule has 616 valence electrons. The van der Waals surface area contributed by atoms with Crippen molar-refractivity contribution < 1.29 is 80.2 Å². The van der Waals surface area contributed by atoms with Crippen molar-refractivity contribution in [1.82, 2.24) is 0 Å². The van der Waals surface area contributed by atoms with E-state index in [1.807, 2.05) is 18.2 Å². The van der Waals surface area contributed by atoms with Gasteiger partial charge >= 0.3 is 39.5 Å². The number of hydrogen-bond donors (Lipinski definition) is 3. The lowest BCUT2D eigenvalue weighted by molar-refractivity contribution is -0.161. The first-order chi connectivity index (χ1) is 52.7. The average Bonchev–Trinajstić information content (AvgIpc) is 0.899. The molecule has 0 saturated heterocycles. The number of rotatable bonds is 77. The van der Waals surface area contributed by atoms with E-state index in [0.29, 0.717) is 32.1 Å². The molecule has 3 N–H and O–H groups in total. The molecule has 0 bridgehead atoms. The summed E-state index contributed by atoms with van der Waals surface area (Å²) < 4.78 is 68.6. The fraction of sp³-hybridized carbons (Fsp3) is 0.663. The van der Waals surface area contributed by atoms with Crippen molar-refractivity contribution in [2.45, 2.75) is 341 Å². The summed E-state index contributed by atoms with van der Waals surface area (Å²) in [6.45, 7) is 4.51. The zero-order valence-electron chi connectivity index (χ0n) is 67.5. The fourth-order valence-corrected chi connectivity index (χ4v) is 12.3. The van der Waals surface area contributed by atoms with Gasteiger partial charge in [0.15, 0.2) is 12.2 Å². The van der Waals surface area contributed by atoms with Crippen LogP contribution in [-0.4, -0.2) is 96.7 Å². The minimum absolute atomic E-state index is 0.0337. The maximum Gasteiger partial charge on any atom is 0.472 e. The summed E-state index contributed by atoms with van der Waals surface area (Å²) >= 11 is 0. The van der Waals surface area contributed by atoms with Gasteiger partial charge in [0.05, 0.1) is 26.4 Å². The van der Waals surface area contributed by atoms with Crippen LogP contribution < -0.4 is 0 Å². The predicted molar refractivity (Wildman–Crippen MR) is 445 cm³/mol. The molecule has 5 atom stereocenters. The second-order valence-corrected chi connectivity index (χ2v) is 30.2. The van der Waals surface area contributed by atoms with E-state index in [-0.39, 0.29) is 25.7 Å². The molecule has 17 nitrogen and oxygen atoms in total. The first kappa shape index (κ1) is 103. The normalized spacial score (nSPS) is 14.6. The van der Waals surface area contributed by atoms with Crippen LogP contribution in [0.1, 0.15) is 323 Å². The van der Waals surface area contributed by atoms with E-state index in [0.717, 1.165) is 180 Å². The second-order valence-electron chi connectivity index (χ2n) is 27.3. The number of carbonyl (C=O) groups excluding carboxylic acids is 4. The zero-order chi connectivity index (χ0) is 78.9. The summed E-state index contributed by atoms with van der Waals surface area (Å²) in [5, 5.41) is 10.7. The predicted octanol–water partition coefficient (Wildman–Crippen LogP) is 24.8. The maximum atomic E-state index is 13.1. The fourth-order valence-electron chi connectivity index (χ4n) is 10.7. The van der Waals surface area contributed by atoms with Gasteiger partial charge in [-0.3, -0.25) is 37.3 Å². The highest BCUT2D eigenvalue weighted by molar-refractivity contribution is 7.47. The van der Waals surface area contributed by atoms with Crippen LogP contribution in [0.25, 0.3) is 0 Å². The van der Waals surface area contributed by atoms with Crippen molar-refractivity contribution in [3.63, 3.8) is 0 Å². The topological polar surface area (TPSA) is 237 Å². The van der Waals surface area contributed by atoms with Gasteiger partial charge in [0.1, 0.15) is 19.3 Å². The Kier molecular flexibility index (Phi) is 75.8. The molecule has 108 heavy (non-hydrogen) atoms. The third kappa shape index (κ3) is 78.8. The van der Waals surface area contributed by atoms with E-state index < -0.39 is 97.5 Å². The molecule has 19 heteroatoms. The molecule has 0 aromatic carbocycles. The highest BCUT2D eigenvalue weighted by Gasteiger charge is 2.30. The summed E-state index contributed by atoms with van der Waals surface area (Å²) in [6.07, 6.45) is 93.7. The Balaban J connectivity index is 5.42. The Morgan fingerprint density at radius 1 is 0.269 bits per heavy atom. The number of esters is 4. The van der Waals surface area contributed by atoms with E-state index in [9.17, 15) is 43.2 Å². The molecule has 0 fully saturated rings. The number of unbranched alkanes of at least 4 members (excludes halogenated alkanes) is 25. The molecule has 0 aliphatic carbocycles. The highest BCUT2D eigenvalue weighted by atomic mass is 31.2. The number of aliphatic hydroxyl groups is 1. The molecule has 0 heterocycles. The van der Waals surface area contributed by atoms with Crippen LogP contribution in [0.5, 0.6) is 0 Å². The Bertz CT molecular complexity index is 2660. The van der Waals surface area contributed by atoms with Crippen LogP contribution in [0.15, 0.2) is 158 Å². The van der Waals surface area contributed by atoms with Crippen LogP contribution >= 0.6 is 15.6 Å². The van der Waals surface area contributed by atoms with Crippen molar-refractivity contribution in [2.24, 2.45) is 0 Å². The molecule has 0 aliphatic rings. The Morgan fingerprint density at radius 3 is 0.815 bits per heavy atom. The molecule has 0 rings (SSSR count). The SMILES string of the molecule is CC/C=C\C/C=C\C/C=C\C/C=C\C/C=C\C/C=C\CCC(=O)OCC(COP(=O)(O)OCC(O)COP(=O)(O)OCC(COC(=O)CCCCCCCC/C=C\C/C=C\C/C=C\C/C=C\CC)OC(=O)CCCCCCCC/C=C\C/C=C\C/C=C\CCCCC)OC(=O)CCCCCCCCCCCCC. The van der Waals surface area contributed by atoms with Crippen LogP contribution in [0, 0.1) is 0 Å². The van der Waals surface area contributed by atoms with Gasteiger partial charge in [0.25, 0.3) is 0 Å². The number of carbonyl (C=O) groups is 4. The van der Waals surface area contributed by atoms with Gasteiger partial charge in [-0.15, -0.1) is 0 Å². The summed E-state index contributed by atoms with van der Waals surface area (Å²) in [7, 11) is -10.00. The van der Waals surface area contributed by atoms with Crippen molar-refractivity contribution in [3.8, 4) is 0 Å². The number of aliphatic hydroxyl groups excluding tert-OH is 1. The molecule has 0 aromatic rings. The standard InChI is InChI=1S/C89H148O17P2/c1-5-9-13-17-21-25-29-32-35-38-41-44-47-50-54-57-61-65-69-73-86(91)99-79-84(105-88(93)75-71-67-63-59-53-28-24-20-16-12-8-4)81-103-107(95,96)101-77-83(90)78-102-108(97,98)104-82-85(106-89(94)76-72-68-64-60-56-52-49-46-43-40-37-34-31-27-23-19-15-11-7-3)80-100-87(92)74-70-66-62-58-55-51-48-45-42-39-36-33-30-26-22-18-14-10-6-2/h9-10,13-14,21-23,25-27,32-37,41-46,50,54,61,65,83-85,90H,5-8,11-12,15-20,24,28-31,38-40,47-49,51-53,55-60,62-64,66-82H2,1-4H3,(H,95,96)(H,97,98)/b13-9-,14-10-,25-21-,26-22-,27-23-,35-32-,36-33-,37-34-,44-41-,45-42-,46-43-,54-50-,65-61-. The van der Waals surface area contributed by atoms with E-state index in [4.69, 9.17) is 37.0 Å². The quantitative estimate of drug-likeness (QED) is 0.0169. The van der Waals surface area contributed by atoms with Gasteiger partial charge in [-0.1, -0.05) is 314 Å². The van der Waals surface area contributed by atoms with Crippen molar-refractivity contribution in [1.29, 1.82) is 0 Å². The smallest absolute Gasteiger partial charge is 0.462 e. The first-order valence-corrected chi connectivity index (χ1v) is 44.7. The van der Waals surface area contributed by atoms with E-state index in [1.165, 1.54) is 57.8 Å². The summed E-state index contributed by atoms with van der Waals surface area (Å²) in [5.41, 5.74) is 0. The summed E-state index contributed by atoms with van der Waals surface area (Å²) in [5.74, 6) is -2.30. The van der Waals surface area contributed by atoms with Gasteiger partial charge in [0, 0.05) is 25.7 Å². The van der Waals surface area contributed by atoms with Crippen molar-refractivity contribution in [3.05, 3.63) is 158 Å². The largest absolute Gasteiger partial charge is 0.472 e. The Hall–Kier alpha value is -5.32. The molecule has 0 saturated carbocycles. The summed E-state index contributed by atoms with van der Waals surface area (Å²) in [4.78, 5) is 73.1. The lowest BCUT2D eigenvalue weighted by atomic mass is 10.1. The van der Waals surface area contributed by atoms with Crippen molar-refractivity contribution >= 4 is 39.5 Å². The second kappa shape index (κ2) is 79.8. The molecular weight excluding hydrogens is 1400 g/mol. The van der Waals surface area contributed by atoms with Gasteiger partial charge < -0.3 is 33.8 Å². The third-order valence-electron chi connectivity index (χ3n) is 17.0. The Morgan fingerprint density at radius 2 is 0.500 bits per heavy atom. The first-order valence-electron chi connectivity index (χ1n) is 41.7. The minimum Gasteiger partial charge on any atom is -0.462 e. The molecular formula is C89H148O17P2. The van der Waals surface area contributed by atoms with E-state index in [2.05, 4.69) is 167 Å². The van der Waals surface area contributed by atoms with Crippen LogP contribution in [0.2, 0.25) is 0 Å². The molecule has 0 aromatic heterocycles. The van der Waals surface area contributed by atoms with Gasteiger partial charge in [0.2, 0.25) is 0 Å². The van der Waals surface area contributed by atoms with E-state index in [1.54, 1.807) is 0 Å². The number of phosphoric acid groups is 2. The number of phosphoric ester groups is 2.